The van der Waals surface area contributed by atoms with Crippen LogP contribution < -0.4 is 5.56 Å². The first-order valence-corrected chi connectivity index (χ1v) is 7.55. The SMILES string of the molecule is O=c1c2ccnn2ccn1CC(CBr)c1ccccc1. The van der Waals surface area contributed by atoms with Crippen molar-refractivity contribution >= 4 is 21.4 Å². The fourth-order valence-corrected chi connectivity index (χ4v) is 2.89. The molecule has 0 bridgehead atoms. The molecule has 0 fully saturated rings. The van der Waals surface area contributed by atoms with Gasteiger partial charge >= 0.3 is 0 Å². The van der Waals surface area contributed by atoms with Gasteiger partial charge in [-0.2, -0.15) is 5.10 Å². The van der Waals surface area contributed by atoms with Gasteiger partial charge in [0.2, 0.25) is 0 Å². The maximum atomic E-state index is 12.4. The Hall–Kier alpha value is -1.88. The van der Waals surface area contributed by atoms with Gasteiger partial charge < -0.3 is 4.57 Å². The fraction of sp³-hybridized carbons (Fsp3) is 0.200. The number of hydrogen-bond acceptors (Lipinski definition) is 2. The summed E-state index contributed by atoms with van der Waals surface area (Å²) in [5.41, 5.74) is 1.82. The van der Waals surface area contributed by atoms with Crippen LogP contribution in [0.2, 0.25) is 0 Å². The zero-order valence-corrected chi connectivity index (χ0v) is 12.4. The van der Waals surface area contributed by atoms with Gasteiger partial charge in [0.05, 0.1) is 6.20 Å². The average Bonchev–Trinajstić information content (AvgIpc) is 2.97. The van der Waals surface area contributed by atoms with E-state index in [9.17, 15) is 4.79 Å². The second-order valence-corrected chi connectivity index (χ2v) is 5.33. The zero-order chi connectivity index (χ0) is 13.9. The van der Waals surface area contributed by atoms with E-state index >= 15 is 0 Å². The van der Waals surface area contributed by atoms with Crippen molar-refractivity contribution < 1.29 is 0 Å². The van der Waals surface area contributed by atoms with Crippen LogP contribution in [0, 0.1) is 0 Å². The van der Waals surface area contributed by atoms with Gasteiger partial charge in [0.15, 0.2) is 0 Å². The number of nitrogens with zero attached hydrogens (tertiary/aromatic N) is 3. The van der Waals surface area contributed by atoms with Gasteiger partial charge in [-0.05, 0) is 11.6 Å². The molecule has 2 heterocycles. The van der Waals surface area contributed by atoms with E-state index in [0.29, 0.717) is 12.1 Å². The molecule has 0 spiro atoms. The van der Waals surface area contributed by atoms with E-state index in [1.54, 1.807) is 27.5 Å². The first-order valence-electron chi connectivity index (χ1n) is 6.43. The molecule has 0 radical (unpaired) electrons. The normalized spacial score (nSPS) is 12.7. The first-order chi connectivity index (χ1) is 9.79. The van der Waals surface area contributed by atoms with Crippen molar-refractivity contribution in [2.45, 2.75) is 12.5 Å². The van der Waals surface area contributed by atoms with E-state index in [4.69, 9.17) is 0 Å². The standard InChI is InChI=1S/C15H14BrN3O/c16-10-13(12-4-2-1-3-5-12)11-18-8-9-19-14(15(18)20)6-7-17-19/h1-9,13H,10-11H2. The predicted molar refractivity (Wildman–Crippen MR) is 82.4 cm³/mol. The van der Waals surface area contributed by atoms with Crippen LogP contribution in [0.3, 0.4) is 0 Å². The lowest BCUT2D eigenvalue weighted by Crippen LogP contribution is -2.24. The van der Waals surface area contributed by atoms with Gasteiger partial charge in [0.25, 0.3) is 5.56 Å². The maximum Gasteiger partial charge on any atom is 0.276 e. The minimum atomic E-state index is -0.00752. The molecule has 0 aliphatic rings. The van der Waals surface area contributed by atoms with Crippen molar-refractivity contribution in [1.82, 2.24) is 14.2 Å². The number of halogens is 1. The third kappa shape index (κ3) is 2.41. The molecule has 0 aliphatic heterocycles. The molecule has 4 nitrogen and oxygen atoms in total. The molecule has 102 valence electrons. The van der Waals surface area contributed by atoms with Crippen LogP contribution in [-0.2, 0) is 6.54 Å². The van der Waals surface area contributed by atoms with Crippen LogP contribution in [0.4, 0.5) is 0 Å². The molecule has 1 unspecified atom stereocenters. The number of hydrogen-bond donors (Lipinski definition) is 0. The molecule has 1 atom stereocenters. The van der Waals surface area contributed by atoms with Crippen molar-refractivity contribution in [2.24, 2.45) is 0 Å². The fourth-order valence-electron chi connectivity index (χ4n) is 2.31. The summed E-state index contributed by atoms with van der Waals surface area (Å²) in [6, 6.07) is 12.0. The predicted octanol–water partition coefficient (Wildman–Crippen LogP) is 2.67. The van der Waals surface area contributed by atoms with E-state index in [1.807, 2.05) is 24.4 Å². The van der Waals surface area contributed by atoms with E-state index in [1.165, 1.54) is 5.56 Å². The van der Waals surface area contributed by atoms with Gasteiger partial charge in [0.1, 0.15) is 5.52 Å². The highest BCUT2D eigenvalue weighted by atomic mass is 79.9. The van der Waals surface area contributed by atoms with E-state index < -0.39 is 0 Å². The maximum absolute atomic E-state index is 12.4. The number of alkyl halides is 1. The lowest BCUT2D eigenvalue weighted by molar-refractivity contribution is 0.586. The Morgan fingerprint density at radius 3 is 2.70 bits per heavy atom. The summed E-state index contributed by atoms with van der Waals surface area (Å²) in [4.78, 5) is 12.4. The second kappa shape index (κ2) is 5.63. The van der Waals surface area contributed by atoms with Crippen molar-refractivity contribution in [2.75, 3.05) is 5.33 Å². The molecule has 0 saturated carbocycles. The Morgan fingerprint density at radius 1 is 1.15 bits per heavy atom. The first kappa shape index (κ1) is 13.1. The van der Waals surface area contributed by atoms with Crippen LogP contribution in [0.5, 0.6) is 0 Å². The molecular weight excluding hydrogens is 318 g/mol. The van der Waals surface area contributed by atoms with Crippen molar-refractivity contribution in [1.29, 1.82) is 0 Å². The van der Waals surface area contributed by atoms with Gasteiger partial charge in [-0.15, -0.1) is 0 Å². The molecule has 0 amide bonds. The third-order valence-electron chi connectivity index (χ3n) is 3.41. The summed E-state index contributed by atoms with van der Waals surface area (Å²) in [5, 5.41) is 4.89. The van der Waals surface area contributed by atoms with E-state index in [-0.39, 0.29) is 11.5 Å². The Labute approximate surface area is 124 Å². The number of fused-ring (bicyclic) bond motifs is 1. The van der Waals surface area contributed by atoms with Gasteiger partial charge in [-0.1, -0.05) is 46.3 Å². The highest BCUT2D eigenvalue weighted by Crippen LogP contribution is 2.19. The largest absolute Gasteiger partial charge is 0.311 e. The van der Waals surface area contributed by atoms with Crippen molar-refractivity contribution in [3.8, 4) is 0 Å². The number of aromatic nitrogens is 3. The summed E-state index contributed by atoms with van der Waals surface area (Å²) >= 11 is 3.54. The Balaban J connectivity index is 1.95. The minimum absolute atomic E-state index is 0.00752. The molecule has 20 heavy (non-hydrogen) atoms. The van der Waals surface area contributed by atoms with E-state index in [2.05, 4.69) is 33.2 Å². The van der Waals surface area contributed by atoms with Crippen LogP contribution in [0.15, 0.2) is 59.8 Å². The Morgan fingerprint density at radius 2 is 1.95 bits per heavy atom. The molecule has 1 aromatic carbocycles. The van der Waals surface area contributed by atoms with Gasteiger partial charge in [-0.3, -0.25) is 4.79 Å². The van der Waals surface area contributed by atoms with Crippen LogP contribution >= 0.6 is 15.9 Å². The summed E-state index contributed by atoms with van der Waals surface area (Å²) < 4.78 is 3.35. The molecule has 0 saturated heterocycles. The van der Waals surface area contributed by atoms with Gasteiger partial charge in [0, 0.05) is 30.2 Å². The average molecular weight is 332 g/mol. The molecule has 0 N–H and O–H groups in total. The van der Waals surface area contributed by atoms with Crippen LogP contribution in [0.1, 0.15) is 11.5 Å². The highest BCUT2D eigenvalue weighted by Gasteiger charge is 2.12. The van der Waals surface area contributed by atoms with Crippen molar-refractivity contribution in [3.63, 3.8) is 0 Å². The third-order valence-corrected chi connectivity index (χ3v) is 4.19. The lowest BCUT2D eigenvalue weighted by atomic mass is 10.0. The van der Waals surface area contributed by atoms with Gasteiger partial charge in [-0.25, -0.2) is 4.52 Å². The summed E-state index contributed by atoms with van der Waals surface area (Å²) in [6.07, 6.45) is 5.24. The lowest BCUT2D eigenvalue weighted by Gasteiger charge is -2.16. The molecule has 3 rings (SSSR count). The van der Waals surface area contributed by atoms with E-state index in [0.717, 1.165) is 5.33 Å². The van der Waals surface area contributed by atoms with Crippen LogP contribution in [-0.4, -0.2) is 19.5 Å². The summed E-state index contributed by atoms with van der Waals surface area (Å²) in [5.74, 6) is 0.263. The molecule has 5 heteroatoms. The monoisotopic (exact) mass is 331 g/mol. The zero-order valence-electron chi connectivity index (χ0n) is 10.8. The van der Waals surface area contributed by atoms with Crippen molar-refractivity contribution in [3.05, 3.63) is 70.9 Å². The summed E-state index contributed by atoms with van der Waals surface area (Å²) in [7, 11) is 0. The molecular formula is C15H14BrN3O. The Kier molecular flexibility index (Phi) is 3.69. The Bertz CT molecular complexity index is 763. The topological polar surface area (TPSA) is 39.3 Å². The molecule has 2 aromatic heterocycles. The smallest absolute Gasteiger partial charge is 0.276 e. The summed E-state index contributed by atoms with van der Waals surface area (Å²) in [6.45, 7) is 0.649. The minimum Gasteiger partial charge on any atom is -0.311 e. The number of rotatable bonds is 4. The quantitative estimate of drug-likeness (QED) is 0.689. The molecule has 0 aliphatic carbocycles. The second-order valence-electron chi connectivity index (χ2n) is 4.68. The molecule has 3 aromatic rings. The highest BCUT2D eigenvalue weighted by molar-refractivity contribution is 9.09. The number of benzene rings is 1. The van der Waals surface area contributed by atoms with Crippen LogP contribution in [0.25, 0.3) is 5.52 Å².